The van der Waals surface area contributed by atoms with E-state index >= 15 is 0 Å². The number of nitrogens with zero attached hydrogens (tertiary/aromatic N) is 3. The number of hydrogen-bond donors (Lipinski definition) is 1. The summed E-state index contributed by atoms with van der Waals surface area (Å²) in [6, 6.07) is 7.31. The number of aromatic nitrogens is 2. The summed E-state index contributed by atoms with van der Waals surface area (Å²) in [5.74, 6) is -0.0311. The topological polar surface area (TPSA) is 76.5 Å². The standard InChI is InChI=1S/C17H20N4O3/c1-11-13(10-20(2)19-11)18-17(23)12-8-16(22)21(9-12)14-6-4-5-7-15(14)24-3/h4-7,10,12H,8-9H2,1-3H3,(H,18,23). The lowest BCUT2D eigenvalue weighted by molar-refractivity contribution is -0.122. The highest BCUT2D eigenvalue weighted by Crippen LogP contribution is 2.33. The zero-order valence-corrected chi connectivity index (χ0v) is 13.9. The van der Waals surface area contributed by atoms with Crippen molar-refractivity contribution >= 4 is 23.2 Å². The molecule has 1 atom stereocenters. The van der Waals surface area contributed by atoms with Crippen molar-refractivity contribution in [3.05, 3.63) is 36.2 Å². The van der Waals surface area contributed by atoms with Crippen LogP contribution in [0.15, 0.2) is 30.5 Å². The van der Waals surface area contributed by atoms with E-state index in [1.807, 2.05) is 25.1 Å². The summed E-state index contributed by atoms with van der Waals surface area (Å²) >= 11 is 0. The summed E-state index contributed by atoms with van der Waals surface area (Å²) < 4.78 is 6.96. The molecule has 0 spiro atoms. The number of anilines is 2. The van der Waals surface area contributed by atoms with Crippen molar-refractivity contribution in [2.45, 2.75) is 13.3 Å². The van der Waals surface area contributed by atoms with E-state index in [2.05, 4.69) is 10.4 Å². The Kier molecular flexibility index (Phi) is 4.24. The zero-order valence-electron chi connectivity index (χ0n) is 13.9. The number of methoxy groups -OCH3 is 1. The van der Waals surface area contributed by atoms with Crippen molar-refractivity contribution in [3.8, 4) is 5.75 Å². The molecule has 2 heterocycles. The molecule has 0 radical (unpaired) electrons. The Morgan fingerprint density at radius 2 is 2.12 bits per heavy atom. The first-order valence-corrected chi connectivity index (χ1v) is 7.74. The normalized spacial score (nSPS) is 17.2. The molecule has 7 heteroatoms. The first-order chi connectivity index (χ1) is 11.5. The molecular weight excluding hydrogens is 308 g/mol. The van der Waals surface area contributed by atoms with Crippen LogP contribution in [0.1, 0.15) is 12.1 Å². The van der Waals surface area contributed by atoms with Crippen LogP contribution in [-0.2, 0) is 16.6 Å². The molecule has 0 bridgehead atoms. The van der Waals surface area contributed by atoms with Crippen LogP contribution in [0.2, 0.25) is 0 Å². The van der Waals surface area contributed by atoms with E-state index in [0.717, 1.165) is 5.69 Å². The number of aryl methyl sites for hydroxylation is 2. The lowest BCUT2D eigenvalue weighted by atomic mass is 10.1. The molecule has 1 aromatic heterocycles. The highest BCUT2D eigenvalue weighted by Gasteiger charge is 2.36. The molecule has 0 saturated carbocycles. The van der Waals surface area contributed by atoms with Crippen LogP contribution in [0, 0.1) is 12.8 Å². The summed E-state index contributed by atoms with van der Waals surface area (Å²) in [5.41, 5.74) is 2.11. The minimum atomic E-state index is -0.401. The van der Waals surface area contributed by atoms with Gasteiger partial charge in [-0.3, -0.25) is 14.3 Å². The average molecular weight is 328 g/mol. The molecule has 1 aliphatic rings. The van der Waals surface area contributed by atoms with Gasteiger partial charge < -0.3 is 15.0 Å². The third-order valence-electron chi connectivity index (χ3n) is 4.14. The van der Waals surface area contributed by atoms with Crippen molar-refractivity contribution in [2.24, 2.45) is 13.0 Å². The molecule has 7 nitrogen and oxygen atoms in total. The van der Waals surface area contributed by atoms with Crippen LogP contribution in [0.25, 0.3) is 0 Å². The number of carbonyl (C=O) groups excluding carboxylic acids is 2. The fourth-order valence-corrected chi connectivity index (χ4v) is 2.93. The van der Waals surface area contributed by atoms with Crippen LogP contribution in [0.4, 0.5) is 11.4 Å². The number of hydrogen-bond acceptors (Lipinski definition) is 4. The Hall–Kier alpha value is -2.83. The van der Waals surface area contributed by atoms with Gasteiger partial charge in [-0.1, -0.05) is 12.1 Å². The van der Waals surface area contributed by atoms with Crippen molar-refractivity contribution in [1.29, 1.82) is 0 Å². The SMILES string of the molecule is COc1ccccc1N1CC(C(=O)Nc2cn(C)nc2C)CC1=O. The number of para-hydroxylation sites is 2. The number of nitrogens with one attached hydrogen (secondary N) is 1. The van der Waals surface area contributed by atoms with Crippen molar-refractivity contribution in [1.82, 2.24) is 9.78 Å². The molecule has 1 N–H and O–H groups in total. The Morgan fingerprint density at radius 3 is 2.79 bits per heavy atom. The van der Waals surface area contributed by atoms with Crippen LogP contribution in [-0.4, -0.2) is 35.2 Å². The van der Waals surface area contributed by atoms with E-state index in [1.54, 1.807) is 36.0 Å². The number of amides is 2. The minimum Gasteiger partial charge on any atom is -0.495 e. The van der Waals surface area contributed by atoms with Gasteiger partial charge in [0, 0.05) is 26.2 Å². The van der Waals surface area contributed by atoms with Gasteiger partial charge in [-0.25, -0.2) is 0 Å². The lowest BCUT2D eigenvalue weighted by Gasteiger charge is -2.19. The lowest BCUT2D eigenvalue weighted by Crippen LogP contribution is -2.28. The Morgan fingerprint density at radius 1 is 1.38 bits per heavy atom. The van der Waals surface area contributed by atoms with Crippen LogP contribution < -0.4 is 15.0 Å². The number of rotatable bonds is 4. The smallest absolute Gasteiger partial charge is 0.229 e. The van der Waals surface area contributed by atoms with E-state index < -0.39 is 5.92 Å². The van der Waals surface area contributed by atoms with Gasteiger partial charge in [0.05, 0.1) is 30.1 Å². The zero-order chi connectivity index (χ0) is 17.3. The van der Waals surface area contributed by atoms with Crippen LogP contribution in [0.3, 0.4) is 0 Å². The fraction of sp³-hybridized carbons (Fsp3) is 0.353. The maximum Gasteiger partial charge on any atom is 0.229 e. The summed E-state index contributed by atoms with van der Waals surface area (Å²) in [6.45, 7) is 2.17. The Bertz CT molecular complexity index is 784. The maximum atomic E-state index is 12.5. The van der Waals surface area contributed by atoms with Gasteiger partial charge in [0.2, 0.25) is 11.8 Å². The third-order valence-corrected chi connectivity index (χ3v) is 4.14. The predicted octanol–water partition coefficient (Wildman–Crippen LogP) is 1.73. The molecule has 1 aliphatic heterocycles. The first kappa shape index (κ1) is 16.0. The number of benzene rings is 1. The Balaban J connectivity index is 1.74. The van der Waals surface area contributed by atoms with Crippen molar-refractivity contribution < 1.29 is 14.3 Å². The second-order valence-corrected chi connectivity index (χ2v) is 5.87. The third kappa shape index (κ3) is 2.97. The van der Waals surface area contributed by atoms with E-state index in [1.165, 1.54) is 0 Å². The minimum absolute atomic E-state index is 0.0810. The summed E-state index contributed by atoms with van der Waals surface area (Å²) in [6.07, 6.45) is 1.94. The number of ether oxygens (including phenoxy) is 1. The molecule has 1 fully saturated rings. The maximum absolute atomic E-state index is 12.5. The highest BCUT2D eigenvalue weighted by molar-refractivity contribution is 6.04. The van der Waals surface area contributed by atoms with Gasteiger partial charge >= 0.3 is 0 Å². The average Bonchev–Trinajstić information content (AvgIpc) is 3.09. The highest BCUT2D eigenvalue weighted by atomic mass is 16.5. The van der Waals surface area contributed by atoms with E-state index in [0.29, 0.717) is 23.7 Å². The van der Waals surface area contributed by atoms with Crippen molar-refractivity contribution in [3.63, 3.8) is 0 Å². The van der Waals surface area contributed by atoms with Gasteiger partial charge in [-0.15, -0.1) is 0 Å². The van der Waals surface area contributed by atoms with Gasteiger partial charge in [0.25, 0.3) is 0 Å². The molecule has 1 saturated heterocycles. The fourth-order valence-electron chi connectivity index (χ4n) is 2.93. The molecule has 2 amide bonds. The summed E-state index contributed by atoms with van der Waals surface area (Å²) in [4.78, 5) is 26.5. The summed E-state index contributed by atoms with van der Waals surface area (Å²) in [5, 5.41) is 7.06. The molecule has 126 valence electrons. The van der Waals surface area contributed by atoms with Gasteiger partial charge in [0.1, 0.15) is 5.75 Å². The summed E-state index contributed by atoms with van der Waals surface area (Å²) in [7, 11) is 3.36. The molecule has 3 rings (SSSR count). The molecule has 24 heavy (non-hydrogen) atoms. The van der Waals surface area contributed by atoms with Gasteiger partial charge in [-0.2, -0.15) is 5.10 Å². The van der Waals surface area contributed by atoms with E-state index in [-0.39, 0.29) is 18.2 Å². The van der Waals surface area contributed by atoms with Crippen LogP contribution >= 0.6 is 0 Å². The van der Waals surface area contributed by atoms with Gasteiger partial charge in [0.15, 0.2) is 0 Å². The molecule has 2 aromatic rings. The first-order valence-electron chi connectivity index (χ1n) is 7.74. The van der Waals surface area contributed by atoms with Crippen molar-refractivity contribution in [2.75, 3.05) is 23.9 Å². The predicted molar refractivity (Wildman–Crippen MR) is 90.0 cm³/mol. The number of carbonyl (C=O) groups is 2. The molecule has 0 aliphatic carbocycles. The van der Waals surface area contributed by atoms with E-state index in [9.17, 15) is 9.59 Å². The quantitative estimate of drug-likeness (QED) is 0.927. The molecular formula is C17H20N4O3. The largest absolute Gasteiger partial charge is 0.495 e. The second-order valence-electron chi connectivity index (χ2n) is 5.87. The molecule has 1 aromatic carbocycles. The Labute approximate surface area is 140 Å². The monoisotopic (exact) mass is 328 g/mol. The van der Waals surface area contributed by atoms with E-state index in [4.69, 9.17) is 4.74 Å². The second kappa shape index (κ2) is 6.35. The molecule has 1 unspecified atom stereocenters. The van der Waals surface area contributed by atoms with Crippen LogP contribution in [0.5, 0.6) is 5.75 Å². The van der Waals surface area contributed by atoms with Gasteiger partial charge in [-0.05, 0) is 19.1 Å².